The number of carbonyl (C=O) groups excluding carboxylic acids is 2. The topological polar surface area (TPSA) is 46.6 Å². The van der Waals surface area contributed by atoms with Crippen LogP contribution in [-0.2, 0) is 14.3 Å². The van der Waals surface area contributed by atoms with Gasteiger partial charge in [0.25, 0.3) is 0 Å². The first-order valence-electron chi connectivity index (χ1n) is 6.01. The molecular formula is C13H21NO3. The minimum Gasteiger partial charge on any atom is -0.458 e. The molecule has 0 radical (unpaired) electrons. The first kappa shape index (κ1) is 13.7. The summed E-state index contributed by atoms with van der Waals surface area (Å²) in [4.78, 5) is 25.2. The van der Waals surface area contributed by atoms with E-state index in [-0.39, 0.29) is 11.9 Å². The highest BCUT2D eigenvalue weighted by molar-refractivity contribution is 5.91. The van der Waals surface area contributed by atoms with Gasteiger partial charge in [-0.1, -0.05) is 6.58 Å². The molecule has 0 unspecified atom stereocenters. The average molecular weight is 239 g/mol. The molecule has 0 bridgehead atoms. The van der Waals surface area contributed by atoms with Crippen molar-refractivity contribution in [3.05, 3.63) is 12.7 Å². The molecule has 0 N–H and O–H groups in total. The van der Waals surface area contributed by atoms with Gasteiger partial charge >= 0.3 is 5.97 Å². The van der Waals surface area contributed by atoms with Crippen LogP contribution < -0.4 is 0 Å². The molecule has 0 aromatic rings. The third-order valence-corrected chi connectivity index (χ3v) is 2.64. The first-order chi connectivity index (χ1) is 7.85. The Morgan fingerprint density at radius 2 is 2.00 bits per heavy atom. The van der Waals surface area contributed by atoms with Crippen LogP contribution in [-0.4, -0.2) is 35.0 Å². The van der Waals surface area contributed by atoms with E-state index in [9.17, 15) is 9.59 Å². The number of esters is 1. The van der Waals surface area contributed by atoms with Gasteiger partial charge in [-0.15, -0.1) is 0 Å². The third kappa shape index (κ3) is 3.88. The molecule has 1 aliphatic rings. The van der Waals surface area contributed by atoms with Gasteiger partial charge in [-0.2, -0.15) is 0 Å². The van der Waals surface area contributed by atoms with Crippen LogP contribution in [0, 0.1) is 0 Å². The zero-order valence-corrected chi connectivity index (χ0v) is 10.9. The summed E-state index contributed by atoms with van der Waals surface area (Å²) in [6, 6.07) is -0.450. The van der Waals surface area contributed by atoms with Crippen molar-refractivity contribution in [2.75, 3.05) is 6.54 Å². The maximum atomic E-state index is 12.0. The number of carbonyl (C=O) groups is 2. The molecule has 1 rings (SSSR count). The normalized spacial score (nSPS) is 20.9. The van der Waals surface area contributed by atoms with E-state index in [1.807, 2.05) is 20.8 Å². The van der Waals surface area contributed by atoms with Gasteiger partial charge in [-0.05, 0) is 46.1 Å². The zero-order valence-electron chi connectivity index (χ0n) is 10.9. The molecule has 1 aliphatic heterocycles. The Bertz CT molecular complexity index is 317. The van der Waals surface area contributed by atoms with E-state index in [4.69, 9.17) is 4.74 Å². The lowest BCUT2D eigenvalue weighted by atomic mass is 10.0. The Balaban J connectivity index is 2.74. The Morgan fingerprint density at radius 1 is 1.35 bits per heavy atom. The predicted molar refractivity (Wildman–Crippen MR) is 65.4 cm³/mol. The van der Waals surface area contributed by atoms with Crippen molar-refractivity contribution in [1.82, 2.24) is 4.90 Å². The van der Waals surface area contributed by atoms with E-state index in [1.54, 1.807) is 4.90 Å². The number of nitrogens with zero attached hydrogens (tertiary/aromatic N) is 1. The summed E-state index contributed by atoms with van der Waals surface area (Å²) in [7, 11) is 0. The molecule has 4 nitrogen and oxygen atoms in total. The molecule has 1 atom stereocenters. The van der Waals surface area contributed by atoms with Crippen molar-refractivity contribution in [1.29, 1.82) is 0 Å². The van der Waals surface area contributed by atoms with Crippen molar-refractivity contribution in [2.24, 2.45) is 0 Å². The summed E-state index contributed by atoms with van der Waals surface area (Å²) in [6.45, 7) is 9.55. The van der Waals surface area contributed by atoms with Crippen molar-refractivity contribution in [2.45, 2.75) is 51.7 Å². The van der Waals surface area contributed by atoms with E-state index in [2.05, 4.69) is 6.58 Å². The average Bonchev–Trinajstić information content (AvgIpc) is 2.25. The molecule has 1 heterocycles. The lowest BCUT2D eigenvalue weighted by molar-refractivity contribution is -0.165. The highest BCUT2D eigenvalue weighted by Crippen LogP contribution is 2.20. The zero-order chi connectivity index (χ0) is 13.1. The SMILES string of the molecule is C=CC(=O)N1CCCC[C@H]1C(=O)OC(C)(C)C. The Labute approximate surface area is 103 Å². The number of hydrogen-bond acceptors (Lipinski definition) is 3. The van der Waals surface area contributed by atoms with Crippen molar-refractivity contribution < 1.29 is 14.3 Å². The summed E-state index contributed by atoms with van der Waals surface area (Å²) in [5.41, 5.74) is -0.516. The number of rotatable bonds is 2. The van der Waals surface area contributed by atoms with Crippen molar-refractivity contribution in [3.63, 3.8) is 0 Å². The van der Waals surface area contributed by atoms with E-state index in [0.717, 1.165) is 12.8 Å². The fourth-order valence-electron chi connectivity index (χ4n) is 1.93. The summed E-state index contributed by atoms with van der Waals surface area (Å²) in [5.74, 6) is -0.507. The van der Waals surface area contributed by atoms with Crippen LogP contribution in [0.25, 0.3) is 0 Å². The van der Waals surface area contributed by atoms with Gasteiger partial charge in [-0.25, -0.2) is 4.79 Å². The lowest BCUT2D eigenvalue weighted by Gasteiger charge is -2.35. The molecule has 0 aromatic heterocycles. The molecule has 0 spiro atoms. The first-order valence-corrected chi connectivity index (χ1v) is 6.01. The molecule has 0 aliphatic carbocycles. The summed E-state index contributed by atoms with van der Waals surface area (Å²) in [5, 5.41) is 0. The van der Waals surface area contributed by atoms with Crippen LogP contribution in [0.2, 0.25) is 0 Å². The maximum Gasteiger partial charge on any atom is 0.329 e. The van der Waals surface area contributed by atoms with Gasteiger partial charge in [0.2, 0.25) is 5.91 Å². The number of likely N-dealkylation sites (tertiary alicyclic amines) is 1. The molecular weight excluding hydrogens is 218 g/mol. The molecule has 1 amide bonds. The predicted octanol–water partition coefficient (Wildman–Crippen LogP) is 1.90. The molecule has 96 valence electrons. The molecule has 1 fully saturated rings. The van der Waals surface area contributed by atoms with Crippen LogP contribution in [0.4, 0.5) is 0 Å². The Morgan fingerprint density at radius 3 is 2.53 bits per heavy atom. The Kier molecular flexibility index (Phi) is 4.32. The van der Waals surface area contributed by atoms with Crippen molar-refractivity contribution in [3.8, 4) is 0 Å². The van der Waals surface area contributed by atoms with Gasteiger partial charge in [-0.3, -0.25) is 4.79 Å². The van der Waals surface area contributed by atoms with Gasteiger partial charge < -0.3 is 9.64 Å². The van der Waals surface area contributed by atoms with E-state index in [0.29, 0.717) is 13.0 Å². The Hall–Kier alpha value is -1.32. The molecule has 4 heteroatoms. The van der Waals surface area contributed by atoms with Crippen LogP contribution in [0.5, 0.6) is 0 Å². The minimum absolute atomic E-state index is 0.194. The van der Waals surface area contributed by atoms with Crippen LogP contribution in [0.3, 0.4) is 0 Å². The van der Waals surface area contributed by atoms with Crippen molar-refractivity contribution >= 4 is 11.9 Å². The highest BCUT2D eigenvalue weighted by Gasteiger charge is 2.34. The number of piperidine rings is 1. The summed E-state index contributed by atoms with van der Waals surface area (Å²) in [6.07, 6.45) is 3.81. The van der Waals surface area contributed by atoms with E-state index in [1.165, 1.54) is 6.08 Å². The third-order valence-electron chi connectivity index (χ3n) is 2.64. The summed E-state index contributed by atoms with van der Waals surface area (Å²) < 4.78 is 5.33. The van der Waals surface area contributed by atoms with Gasteiger partial charge in [0.1, 0.15) is 11.6 Å². The fraction of sp³-hybridized carbons (Fsp3) is 0.692. The van der Waals surface area contributed by atoms with Gasteiger partial charge in [0.05, 0.1) is 0 Å². The summed E-state index contributed by atoms with van der Waals surface area (Å²) >= 11 is 0. The largest absolute Gasteiger partial charge is 0.458 e. The monoisotopic (exact) mass is 239 g/mol. The minimum atomic E-state index is -0.516. The second kappa shape index (κ2) is 5.34. The standard InChI is InChI=1S/C13H21NO3/c1-5-11(15)14-9-7-6-8-10(14)12(16)17-13(2,3)4/h5,10H,1,6-9H2,2-4H3/t10-/m0/s1. The van der Waals surface area contributed by atoms with E-state index < -0.39 is 11.6 Å². The van der Waals surface area contributed by atoms with Crippen LogP contribution in [0.15, 0.2) is 12.7 Å². The van der Waals surface area contributed by atoms with E-state index >= 15 is 0 Å². The second-order valence-corrected chi connectivity index (χ2v) is 5.28. The van der Waals surface area contributed by atoms with Gasteiger partial charge in [0.15, 0.2) is 0 Å². The smallest absolute Gasteiger partial charge is 0.329 e. The number of ether oxygens (including phenoxy) is 1. The molecule has 0 aromatic carbocycles. The fourth-order valence-corrected chi connectivity index (χ4v) is 1.93. The van der Waals surface area contributed by atoms with Crippen LogP contribution >= 0.6 is 0 Å². The number of amides is 1. The quantitative estimate of drug-likeness (QED) is 0.546. The number of hydrogen-bond donors (Lipinski definition) is 0. The molecule has 17 heavy (non-hydrogen) atoms. The molecule has 0 saturated carbocycles. The second-order valence-electron chi connectivity index (χ2n) is 5.28. The maximum absolute atomic E-state index is 12.0. The van der Waals surface area contributed by atoms with Gasteiger partial charge in [0, 0.05) is 6.54 Å². The van der Waals surface area contributed by atoms with Crippen LogP contribution in [0.1, 0.15) is 40.0 Å². The highest BCUT2D eigenvalue weighted by atomic mass is 16.6. The lowest BCUT2D eigenvalue weighted by Crippen LogP contribution is -2.49. The molecule has 1 saturated heterocycles.